The first kappa shape index (κ1) is 12.5. The van der Waals surface area contributed by atoms with Crippen LogP contribution in [0.25, 0.3) is 0 Å². The summed E-state index contributed by atoms with van der Waals surface area (Å²) in [6.07, 6.45) is 0. The smallest absolute Gasteiger partial charge is 0.317 e. The molecule has 0 spiro atoms. The Kier molecular flexibility index (Phi) is 4.79. The molecule has 0 fully saturated rings. The van der Waals surface area contributed by atoms with E-state index in [-0.39, 0.29) is 12.6 Å². The number of hydrogen-bond donors (Lipinski definition) is 2. The zero-order chi connectivity index (χ0) is 12.0. The zero-order valence-electron chi connectivity index (χ0n) is 9.73. The minimum Gasteiger partial charge on any atom is -0.392 e. The standard InChI is InChI=1S/C12H18N2O2/c1-3-14(2)12(16)13-8-10-4-6-11(9-15)7-5-10/h4-7,15H,3,8-9H2,1-2H3,(H,13,16). The molecule has 0 aliphatic rings. The van der Waals surface area contributed by atoms with Crippen molar-refractivity contribution in [1.82, 2.24) is 10.2 Å². The summed E-state index contributed by atoms with van der Waals surface area (Å²) in [5.41, 5.74) is 1.90. The Labute approximate surface area is 95.9 Å². The van der Waals surface area contributed by atoms with Crippen molar-refractivity contribution in [3.63, 3.8) is 0 Å². The summed E-state index contributed by atoms with van der Waals surface area (Å²) in [5, 5.41) is 11.7. The van der Waals surface area contributed by atoms with Crippen molar-refractivity contribution < 1.29 is 9.90 Å². The number of aliphatic hydroxyl groups excluding tert-OH is 1. The van der Waals surface area contributed by atoms with Gasteiger partial charge in [-0.25, -0.2) is 4.79 Å². The first-order valence-corrected chi connectivity index (χ1v) is 5.35. The van der Waals surface area contributed by atoms with Gasteiger partial charge in [0, 0.05) is 20.1 Å². The predicted molar refractivity (Wildman–Crippen MR) is 62.9 cm³/mol. The van der Waals surface area contributed by atoms with E-state index in [4.69, 9.17) is 5.11 Å². The molecule has 16 heavy (non-hydrogen) atoms. The molecule has 0 radical (unpaired) electrons. The molecule has 4 heteroatoms. The predicted octanol–water partition coefficient (Wildman–Crippen LogP) is 1.34. The van der Waals surface area contributed by atoms with E-state index in [0.29, 0.717) is 13.1 Å². The number of carbonyl (C=O) groups is 1. The molecule has 0 atom stereocenters. The average Bonchev–Trinajstić information content (AvgIpc) is 2.35. The quantitative estimate of drug-likeness (QED) is 0.807. The molecule has 2 amide bonds. The van der Waals surface area contributed by atoms with Gasteiger partial charge in [0.05, 0.1) is 6.61 Å². The fourth-order valence-corrected chi connectivity index (χ4v) is 1.22. The van der Waals surface area contributed by atoms with Crippen LogP contribution >= 0.6 is 0 Å². The van der Waals surface area contributed by atoms with Crippen LogP contribution < -0.4 is 5.32 Å². The van der Waals surface area contributed by atoms with Crippen LogP contribution in [0.4, 0.5) is 4.79 Å². The van der Waals surface area contributed by atoms with Gasteiger partial charge >= 0.3 is 6.03 Å². The van der Waals surface area contributed by atoms with E-state index in [2.05, 4.69) is 5.32 Å². The number of nitrogens with zero attached hydrogens (tertiary/aromatic N) is 1. The molecule has 88 valence electrons. The number of benzene rings is 1. The van der Waals surface area contributed by atoms with Crippen LogP contribution in [0.2, 0.25) is 0 Å². The summed E-state index contributed by atoms with van der Waals surface area (Å²) in [6, 6.07) is 7.43. The van der Waals surface area contributed by atoms with Gasteiger partial charge < -0.3 is 15.3 Å². The third kappa shape index (κ3) is 3.55. The van der Waals surface area contributed by atoms with Crippen molar-refractivity contribution in [3.05, 3.63) is 35.4 Å². The number of rotatable bonds is 4. The molecule has 2 N–H and O–H groups in total. The molecule has 0 aliphatic heterocycles. The van der Waals surface area contributed by atoms with Crippen LogP contribution in [0, 0.1) is 0 Å². The number of aliphatic hydroxyl groups is 1. The van der Waals surface area contributed by atoms with Crippen molar-refractivity contribution in [2.24, 2.45) is 0 Å². The van der Waals surface area contributed by atoms with E-state index >= 15 is 0 Å². The van der Waals surface area contributed by atoms with E-state index < -0.39 is 0 Å². The third-order valence-corrected chi connectivity index (χ3v) is 2.47. The van der Waals surface area contributed by atoms with Crippen LogP contribution in [-0.2, 0) is 13.2 Å². The van der Waals surface area contributed by atoms with Gasteiger partial charge in [-0.05, 0) is 18.1 Å². The molecule has 1 aromatic carbocycles. The molecule has 1 aromatic rings. The number of urea groups is 1. The highest BCUT2D eigenvalue weighted by molar-refractivity contribution is 5.73. The molecular formula is C12H18N2O2. The lowest BCUT2D eigenvalue weighted by Crippen LogP contribution is -2.36. The highest BCUT2D eigenvalue weighted by atomic mass is 16.3. The normalized spacial score (nSPS) is 9.94. The molecule has 0 saturated carbocycles. The van der Waals surface area contributed by atoms with Crippen molar-refractivity contribution in [2.45, 2.75) is 20.1 Å². The summed E-state index contributed by atoms with van der Waals surface area (Å²) in [5.74, 6) is 0. The fraction of sp³-hybridized carbons (Fsp3) is 0.417. The molecule has 1 rings (SSSR count). The number of nitrogens with one attached hydrogen (secondary N) is 1. The Balaban J connectivity index is 2.45. The summed E-state index contributed by atoms with van der Waals surface area (Å²) in [6.45, 7) is 3.17. The first-order valence-electron chi connectivity index (χ1n) is 5.35. The lowest BCUT2D eigenvalue weighted by atomic mass is 10.1. The van der Waals surface area contributed by atoms with Gasteiger partial charge in [-0.2, -0.15) is 0 Å². The Hall–Kier alpha value is -1.55. The highest BCUT2D eigenvalue weighted by Crippen LogP contribution is 2.04. The van der Waals surface area contributed by atoms with E-state index in [1.807, 2.05) is 31.2 Å². The number of carbonyl (C=O) groups excluding carboxylic acids is 1. The van der Waals surface area contributed by atoms with Gasteiger partial charge in [-0.15, -0.1) is 0 Å². The lowest BCUT2D eigenvalue weighted by Gasteiger charge is -2.15. The largest absolute Gasteiger partial charge is 0.392 e. The van der Waals surface area contributed by atoms with Crippen molar-refractivity contribution in [3.8, 4) is 0 Å². The maximum Gasteiger partial charge on any atom is 0.317 e. The van der Waals surface area contributed by atoms with Crippen LogP contribution in [0.15, 0.2) is 24.3 Å². The van der Waals surface area contributed by atoms with Gasteiger partial charge in [-0.1, -0.05) is 24.3 Å². The molecule has 4 nitrogen and oxygen atoms in total. The molecule has 0 aliphatic carbocycles. The second kappa shape index (κ2) is 6.12. The van der Waals surface area contributed by atoms with Crippen LogP contribution in [-0.4, -0.2) is 29.6 Å². The van der Waals surface area contributed by atoms with Gasteiger partial charge in [0.2, 0.25) is 0 Å². The van der Waals surface area contributed by atoms with Gasteiger partial charge in [0.1, 0.15) is 0 Å². The number of amides is 2. The number of hydrogen-bond acceptors (Lipinski definition) is 2. The molecule has 0 bridgehead atoms. The maximum atomic E-state index is 11.4. The average molecular weight is 222 g/mol. The lowest BCUT2D eigenvalue weighted by molar-refractivity contribution is 0.210. The summed E-state index contributed by atoms with van der Waals surface area (Å²) < 4.78 is 0. The van der Waals surface area contributed by atoms with Crippen LogP contribution in [0.1, 0.15) is 18.1 Å². The zero-order valence-corrected chi connectivity index (χ0v) is 9.73. The summed E-state index contributed by atoms with van der Waals surface area (Å²) >= 11 is 0. The second-order valence-electron chi connectivity index (χ2n) is 3.65. The summed E-state index contributed by atoms with van der Waals surface area (Å²) in [7, 11) is 1.75. The maximum absolute atomic E-state index is 11.4. The van der Waals surface area contributed by atoms with Gasteiger partial charge in [0.15, 0.2) is 0 Å². The Morgan fingerprint density at radius 2 is 1.88 bits per heavy atom. The Morgan fingerprint density at radius 1 is 1.31 bits per heavy atom. The third-order valence-electron chi connectivity index (χ3n) is 2.47. The van der Waals surface area contributed by atoms with E-state index in [1.54, 1.807) is 11.9 Å². The Morgan fingerprint density at radius 3 is 2.38 bits per heavy atom. The second-order valence-corrected chi connectivity index (χ2v) is 3.65. The van der Waals surface area contributed by atoms with Crippen LogP contribution in [0.3, 0.4) is 0 Å². The molecule has 0 unspecified atom stereocenters. The van der Waals surface area contributed by atoms with Gasteiger partial charge in [0.25, 0.3) is 0 Å². The Bertz CT molecular complexity index is 335. The van der Waals surface area contributed by atoms with Crippen LogP contribution in [0.5, 0.6) is 0 Å². The monoisotopic (exact) mass is 222 g/mol. The van der Waals surface area contributed by atoms with E-state index in [9.17, 15) is 4.79 Å². The van der Waals surface area contributed by atoms with E-state index in [1.165, 1.54) is 0 Å². The van der Waals surface area contributed by atoms with Crippen molar-refractivity contribution in [1.29, 1.82) is 0 Å². The minimum absolute atomic E-state index is 0.0468. The first-order chi connectivity index (χ1) is 7.67. The van der Waals surface area contributed by atoms with Gasteiger partial charge in [-0.3, -0.25) is 0 Å². The molecule has 0 heterocycles. The molecule has 0 saturated heterocycles. The molecular weight excluding hydrogens is 204 g/mol. The van der Waals surface area contributed by atoms with Crippen molar-refractivity contribution >= 4 is 6.03 Å². The topological polar surface area (TPSA) is 52.6 Å². The highest BCUT2D eigenvalue weighted by Gasteiger charge is 2.04. The SMILES string of the molecule is CCN(C)C(=O)NCc1ccc(CO)cc1. The van der Waals surface area contributed by atoms with E-state index in [0.717, 1.165) is 11.1 Å². The summed E-state index contributed by atoms with van der Waals surface area (Å²) in [4.78, 5) is 13.1. The molecule has 0 aromatic heterocycles. The minimum atomic E-state index is -0.0752. The fourth-order valence-electron chi connectivity index (χ4n) is 1.22. The van der Waals surface area contributed by atoms with Crippen molar-refractivity contribution in [2.75, 3.05) is 13.6 Å².